The third kappa shape index (κ3) is 2.28. The summed E-state index contributed by atoms with van der Waals surface area (Å²) in [7, 11) is 0. The zero-order valence-corrected chi connectivity index (χ0v) is 7.93. The zero-order chi connectivity index (χ0) is 10.1. The Bertz CT molecular complexity index is 190. The first-order valence-corrected chi connectivity index (χ1v) is 4.27. The van der Waals surface area contributed by atoms with Gasteiger partial charge in [0, 0.05) is 0 Å². The number of hydrogen-bond acceptors (Lipinski definition) is 4. The van der Waals surface area contributed by atoms with Crippen molar-refractivity contribution in [1.29, 1.82) is 0 Å². The molecule has 2 N–H and O–H groups in total. The first kappa shape index (κ1) is 10.7. The fourth-order valence-corrected chi connectivity index (χ4v) is 1.43. The fraction of sp³-hybridized carbons (Fsp3) is 0.778. The van der Waals surface area contributed by atoms with Crippen molar-refractivity contribution in [3.8, 4) is 0 Å². The highest BCUT2D eigenvalue weighted by Crippen LogP contribution is 2.29. The first-order valence-electron chi connectivity index (χ1n) is 4.27. The SMILES string of the molecule is C=C[C@@H](O)[C@H]1OC(C)(C)O[C@H]1CO. The largest absolute Gasteiger partial charge is 0.394 e. The molecule has 1 fully saturated rings. The maximum Gasteiger partial charge on any atom is 0.164 e. The van der Waals surface area contributed by atoms with Crippen LogP contribution >= 0.6 is 0 Å². The highest BCUT2D eigenvalue weighted by molar-refractivity contribution is 4.93. The summed E-state index contributed by atoms with van der Waals surface area (Å²) in [6, 6.07) is 0. The van der Waals surface area contributed by atoms with E-state index in [0.29, 0.717) is 0 Å². The van der Waals surface area contributed by atoms with Crippen molar-refractivity contribution in [3.05, 3.63) is 12.7 Å². The predicted octanol–water partition coefficient (Wildman–Crippen LogP) is 0.0457. The predicted molar refractivity (Wildman–Crippen MR) is 47.1 cm³/mol. The van der Waals surface area contributed by atoms with Crippen molar-refractivity contribution in [2.45, 2.75) is 37.9 Å². The van der Waals surface area contributed by atoms with Crippen LogP contribution in [-0.4, -0.2) is 40.9 Å². The molecule has 0 bridgehead atoms. The van der Waals surface area contributed by atoms with Gasteiger partial charge in [0.25, 0.3) is 0 Å². The second-order valence-electron chi connectivity index (χ2n) is 3.55. The molecule has 1 heterocycles. The summed E-state index contributed by atoms with van der Waals surface area (Å²) in [6.45, 7) is 6.77. The summed E-state index contributed by atoms with van der Waals surface area (Å²) in [5.74, 6) is -0.748. The highest BCUT2D eigenvalue weighted by Gasteiger charge is 2.43. The van der Waals surface area contributed by atoms with Gasteiger partial charge in [-0.1, -0.05) is 6.08 Å². The van der Waals surface area contributed by atoms with E-state index in [9.17, 15) is 5.11 Å². The van der Waals surface area contributed by atoms with Crippen molar-refractivity contribution < 1.29 is 19.7 Å². The van der Waals surface area contributed by atoms with Gasteiger partial charge in [-0.2, -0.15) is 0 Å². The molecule has 76 valence electrons. The average Bonchev–Trinajstić information content (AvgIpc) is 2.39. The van der Waals surface area contributed by atoms with Crippen LogP contribution in [0.2, 0.25) is 0 Å². The fourth-order valence-electron chi connectivity index (χ4n) is 1.43. The minimum Gasteiger partial charge on any atom is -0.394 e. The molecule has 0 spiro atoms. The van der Waals surface area contributed by atoms with Gasteiger partial charge in [0.15, 0.2) is 5.79 Å². The van der Waals surface area contributed by atoms with Gasteiger partial charge in [0.2, 0.25) is 0 Å². The van der Waals surface area contributed by atoms with Crippen LogP contribution in [0.15, 0.2) is 12.7 Å². The van der Waals surface area contributed by atoms with Gasteiger partial charge in [-0.05, 0) is 13.8 Å². The van der Waals surface area contributed by atoms with E-state index < -0.39 is 24.1 Å². The van der Waals surface area contributed by atoms with Crippen LogP contribution in [0.25, 0.3) is 0 Å². The second-order valence-corrected chi connectivity index (χ2v) is 3.55. The van der Waals surface area contributed by atoms with E-state index >= 15 is 0 Å². The van der Waals surface area contributed by atoms with Gasteiger partial charge in [-0.15, -0.1) is 6.58 Å². The molecule has 0 unspecified atom stereocenters. The molecule has 1 aliphatic heterocycles. The molecule has 3 atom stereocenters. The third-order valence-electron chi connectivity index (χ3n) is 1.98. The van der Waals surface area contributed by atoms with E-state index in [4.69, 9.17) is 14.6 Å². The third-order valence-corrected chi connectivity index (χ3v) is 1.98. The van der Waals surface area contributed by atoms with Crippen molar-refractivity contribution in [2.24, 2.45) is 0 Å². The quantitative estimate of drug-likeness (QED) is 0.614. The Morgan fingerprint density at radius 2 is 2.15 bits per heavy atom. The van der Waals surface area contributed by atoms with Crippen molar-refractivity contribution in [2.75, 3.05) is 6.61 Å². The van der Waals surface area contributed by atoms with Crippen LogP contribution in [0.4, 0.5) is 0 Å². The Kier molecular flexibility index (Phi) is 3.08. The molecular weight excluding hydrogens is 172 g/mol. The zero-order valence-electron chi connectivity index (χ0n) is 7.93. The minimum absolute atomic E-state index is 0.168. The molecule has 1 saturated heterocycles. The Morgan fingerprint density at radius 3 is 2.62 bits per heavy atom. The number of hydrogen-bond donors (Lipinski definition) is 2. The van der Waals surface area contributed by atoms with Crippen LogP contribution in [0.1, 0.15) is 13.8 Å². The van der Waals surface area contributed by atoms with Gasteiger partial charge < -0.3 is 19.7 Å². The molecule has 0 aromatic carbocycles. The normalized spacial score (nSPS) is 34.5. The topological polar surface area (TPSA) is 58.9 Å². The lowest BCUT2D eigenvalue weighted by atomic mass is 10.1. The summed E-state index contributed by atoms with van der Waals surface area (Å²) < 4.78 is 10.8. The van der Waals surface area contributed by atoms with Gasteiger partial charge in [0.05, 0.1) is 6.61 Å². The molecule has 4 heteroatoms. The van der Waals surface area contributed by atoms with Crippen molar-refractivity contribution in [3.63, 3.8) is 0 Å². The summed E-state index contributed by atoms with van der Waals surface area (Å²) in [5, 5.41) is 18.4. The molecule has 13 heavy (non-hydrogen) atoms. The molecular formula is C9H16O4. The Morgan fingerprint density at radius 1 is 1.54 bits per heavy atom. The molecule has 1 aliphatic rings. The Hall–Kier alpha value is -0.420. The monoisotopic (exact) mass is 188 g/mol. The number of aliphatic hydroxyl groups excluding tert-OH is 2. The van der Waals surface area contributed by atoms with Gasteiger partial charge in [-0.25, -0.2) is 0 Å². The molecule has 1 rings (SSSR count). The molecule has 0 aromatic rings. The lowest BCUT2D eigenvalue weighted by Gasteiger charge is -2.18. The molecule has 4 nitrogen and oxygen atoms in total. The summed E-state index contributed by atoms with van der Waals surface area (Å²) in [5.41, 5.74) is 0. The van der Waals surface area contributed by atoms with Crippen LogP contribution in [0, 0.1) is 0 Å². The van der Waals surface area contributed by atoms with Gasteiger partial charge >= 0.3 is 0 Å². The van der Waals surface area contributed by atoms with Gasteiger partial charge in [0.1, 0.15) is 18.3 Å². The van der Waals surface area contributed by atoms with E-state index in [-0.39, 0.29) is 6.61 Å². The smallest absolute Gasteiger partial charge is 0.164 e. The Balaban J connectivity index is 2.68. The van der Waals surface area contributed by atoms with Crippen LogP contribution < -0.4 is 0 Å². The van der Waals surface area contributed by atoms with E-state index in [2.05, 4.69) is 6.58 Å². The Labute approximate surface area is 77.8 Å². The molecule has 0 radical (unpaired) electrons. The van der Waals surface area contributed by atoms with E-state index in [1.54, 1.807) is 13.8 Å². The second kappa shape index (κ2) is 3.75. The van der Waals surface area contributed by atoms with Crippen LogP contribution in [0.3, 0.4) is 0 Å². The molecule has 0 aliphatic carbocycles. The number of ether oxygens (including phenoxy) is 2. The summed E-state index contributed by atoms with van der Waals surface area (Å²) in [6.07, 6.45) is -0.447. The maximum atomic E-state index is 9.46. The molecule has 0 amide bonds. The van der Waals surface area contributed by atoms with Crippen molar-refractivity contribution >= 4 is 0 Å². The lowest BCUT2D eigenvalue weighted by Crippen LogP contribution is -2.35. The summed E-state index contributed by atoms with van der Waals surface area (Å²) in [4.78, 5) is 0. The van der Waals surface area contributed by atoms with E-state index in [1.807, 2.05) is 0 Å². The molecule has 0 saturated carbocycles. The van der Waals surface area contributed by atoms with E-state index in [1.165, 1.54) is 6.08 Å². The summed E-state index contributed by atoms with van der Waals surface area (Å²) >= 11 is 0. The standard InChI is InChI=1S/C9H16O4/c1-4-6(11)8-7(5-10)12-9(2,3)13-8/h4,6-8,10-11H,1,5H2,2-3H3/t6-,7+,8-/m1/s1. The minimum atomic E-state index is -0.807. The maximum absolute atomic E-state index is 9.46. The average molecular weight is 188 g/mol. The number of aliphatic hydroxyl groups is 2. The first-order chi connectivity index (χ1) is 6.00. The van der Waals surface area contributed by atoms with Crippen LogP contribution in [-0.2, 0) is 9.47 Å². The number of rotatable bonds is 3. The lowest BCUT2D eigenvalue weighted by molar-refractivity contribution is -0.154. The van der Waals surface area contributed by atoms with Gasteiger partial charge in [-0.3, -0.25) is 0 Å². The highest BCUT2D eigenvalue weighted by atomic mass is 16.8. The van der Waals surface area contributed by atoms with Crippen molar-refractivity contribution in [1.82, 2.24) is 0 Å². The molecule has 0 aromatic heterocycles. The van der Waals surface area contributed by atoms with Crippen LogP contribution in [0.5, 0.6) is 0 Å². The van der Waals surface area contributed by atoms with E-state index in [0.717, 1.165) is 0 Å².